The van der Waals surface area contributed by atoms with Crippen molar-refractivity contribution in [2.45, 2.75) is 45.4 Å². The Kier molecular flexibility index (Phi) is 10.6. The summed E-state index contributed by atoms with van der Waals surface area (Å²) >= 11 is 14.3. The van der Waals surface area contributed by atoms with E-state index in [9.17, 15) is 14.4 Å². The number of nitrogens with zero attached hydrogens (tertiary/aromatic N) is 7. The average molecular weight is 815 g/mol. The lowest BCUT2D eigenvalue weighted by Gasteiger charge is -2.46. The summed E-state index contributed by atoms with van der Waals surface area (Å²) in [6.45, 7) is 5.70. The van der Waals surface area contributed by atoms with Crippen LogP contribution in [0.4, 0.5) is 4.79 Å². The molecule has 1 spiro atoms. The van der Waals surface area contributed by atoms with Crippen LogP contribution in [0, 0.1) is 5.41 Å². The molecule has 0 unspecified atom stereocenters. The number of nitrogens with one attached hydrogen (secondary N) is 2. The number of methoxy groups -OCH3 is 2. The van der Waals surface area contributed by atoms with Crippen molar-refractivity contribution in [2.75, 3.05) is 46.9 Å². The Balaban J connectivity index is 0.989. The quantitative estimate of drug-likeness (QED) is 0.185. The fourth-order valence-corrected chi connectivity index (χ4v) is 8.55. The number of rotatable bonds is 10. The monoisotopic (exact) mass is 813 g/mol. The number of pyridine rings is 3. The molecule has 0 atom stereocenters. The molecule has 57 heavy (non-hydrogen) atoms. The summed E-state index contributed by atoms with van der Waals surface area (Å²) in [4.78, 5) is 54.1. The maximum absolute atomic E-state index is 12.6. The van der Waals surface area contributed by atoms with Gasteiger partial charge in [0, 0.05) is 105 Å². The van der Waals surface area contributed by atoms with Gasteiger partial charge in [0.2, 0.25) is 17.7 Å². The Hall–Kier alpha value is -5.51. The zero-order chi connectivity index (χ0) is 39.8. The molecule has 1 aromatic carbocycles. The van der Waals surface area contributed by atoms with Crippen molar-refractivity contribution in [2.24, 2.45) is 5.41 Å². The van der Waals surface area contributed by atoms with Crippen molar-refractivity contribution < 1.29 is 28.6 Å². The van der Waals surface area contributed by atoms with Crippen molar-refractivity contribution in [3.05, 3.63) is 76.3 Å². The summed E-state index contributed by atoms with van der Waals surface area (Å²) in [5, 5.41) is 11.3. The molecule has 3 aliphatic heterocycles. The first kappa shape index (κ1) is 38.4. The predicted octanol–water partition coefficient (Wildman–Crippen LogP) is 5.40. The Morgan fingerprint density at radius 1 is 1.00 bits per heavy atom. The van der Waals surface area contributed by atoms with Crippen molar-refractivity contribution in [3.63, 3.8) is 0 Å². The Morgan fingerprint density at radius 2 is 1.77 bits per heavy atom. The van der Waals surface area contributed by atoms with Crippen LogP contribution in [0.3, 0.4) is 0 Å². The number of hydrogen-bond acceptors (Lipinski definition) is 11. The van der Waals surface area contributed by atoms with Crippen molar-refractivity contribution in [3.8, 4) is 45.3 Å². The van der Waals surface area contributed by atoms with Gasteiger partial charge in [0.05, 0.1) is 48.7 Å². The highest BCUT2D eigenvalue weighted by molar-refractivity contribution is 6.39. The molecule has 3 aliphatic rings. The number of fused-ring (bicyclic) bond motifs is 1. The fraction of sp³-hybridized carbons (Fsp3) is 0.375. The number of amides is 3. The number of halogens is 2. The molecule has 2 N–H and O–H groups in total. The van der Waals surface area contributed by atoms with Crippen LogP contribution < -0.4 is 20.1 Å². The second-order valence-corrected chi connectivity index (χ2v) is 15.5. The lowest BCUT2D eigenvalue weighted by molar-refractivity contribution is -0.130. The van der Waals surface area contributed by atoms with E-state index in [1.165, 1.54) is 14.0 Å². The van der Waals surface area contributed by atoms with Crippen LogP contribution in [0.5, 0.6) is 11.6 Å². The molecule has 0 aliphatic carbocycles. The molecule has 296 valence electrons. The minimum Gasteiger partial charge on any atom is -0.493 e. The van der Waals surface area contributed by atoms with Gasteiger partial charge in [0.25, 0.3) is 0 Å². The van der Waals surface area contributed by atoms with E-state index in [2.05, 4.69) is 20.5 Å². The number of hydrogen-bond donors (Lipinski definition) is 2. The zero-order valence-corrected chi connectivity index (χ0v) is 33.2. The lowest BCUT2D eigenvalue weighted by atomic mass is 9.79. The second-order valence-electron chi connectivity index (χ2n) is 14.7. The van der Waals surface area contributed by atoms with E-state index in [0.717, 1.165) is 13.1 Å². The minimum atomic E-state index is -0.547. The van der Waals surface area contributed by atoms with E-state index >= 15 is 0 Å². The van der Waals surface area contributed by atoms with Gasteiger partial charge in [0.15, 0.2) is 17.2 Å². The van der Waals surface area contributed by atoms with E-state index in [1.807, 2.05) is 48.7 Å². The number of carbonyl (C=O) groups excluding carboxylic acids is 3. The molecule has 7 heterocycles. The smallest absolute Gasteiger partial charge is 0.407 e. The lowest BCUT2D eigenvalue weighted by Crippen LogP contribution is -2.56. The molecular formula is C40H41Cl2N9O6. The normalized spacial score (nSPS) is 16.7. The molecule has 0 radical (unpaired) electrons. The highest BCUT2D eigenvalue weighted by atomic mass is 35.5. The molecule has 3 saturated heterocycles. The summed E-state index contributed by atoms with van der Waals surface area (Å²) in [5.74, 6) is 1.62. The van der Waals surface area contributed by atoms with Crippen molar-refractivity contribution in [1.82, 2.24) is 45.0 Å². The van der Waals surface area contributed by atoms with Crippen LogP contribution in [0.15, 0.2) is 54.9 Å². The number of ether oxygens (including phenoxy) is 3. The summed E-state index contributed by atoms with van der Waals surface area (Å²) in [6, 6.07) is 12.9. The third-order valence-electron chi connectivity index (χ3n) is 10.8. The van der Waals surface area contributed by atoms with Crippen LogP contribution >= 0.6 is 23.2 Å². The van der Waals surface area contributed by atoms with Gasteiger partial charge in [-0.25, -0.2) is 19.3 Å². The number of likely N-dealkylation sites (tertiary alicyclic amines) is 2. The van der Waals surface area contributed by atoms with Crippen LogP contribution in [-0.4, -0.2) is 105 Å². The highest BCUT2D eigenvalue weighted by Gasteiger charge is 2.48. The average Bonchev–Trinajstić information content (AvgIpc) is 3.80. The maximum atomic E-state index is 12.6. The van der Waals surface area contributed by atoms with E-state index in [4.69, 9.17) is 52.5 Å². The van der Waals surface area contributed by atoms with Crippen LogP contribution in [0.2, 0.25) is 10.0 Å². The van der Waals surface area contributed by atoms with Crippen molar-refractivity contribution in [1.29, 1.82) is 0 Å². The van der Waals surface area contributed by atoms with Crippen LogP contribution in [-0.2, 0) is 27.4 Å². The largest absolute Gasteiger partial charge is 0.493 e. The fourth-order valence-electron chi connectivity index (χ4n) is 7.91. The third kappa shape index (κ3) is 7.78. The van der Waals surface area contributed by atoms with E-state index in [0.29, 0.717) is 118 Å². The molecule has 5 aromatic rings. The highest BCUT2D eigenvalue weighted by Crippen LogP contribution is 2.42. The van der Waals surface area contributed by atoms with Gasteiger partial charge in [-0.2, -0.15) is 0 Å². The SMILES string of the molecule is COc1nc(-c2cccc(-c3ccnc(-c4cc(OC)c5nc(CN6CC7(CNC(=O)C7)C6)nn5c4)c3Cl)c2Cl)ccc1CNC(=O)OC1CCN(C(C)=O)CC1. The van der Waals surface area contributed by atoms with Gasteiger partial charge in [-0.15, -0.1) is 5.10 Å². The van der Waals surface area contributed by atoms with Gasteiger partial charge in [-0.05, 0) is 24.3 Å². The Morgan fingerprint density at radius 3 is 2.49 bits per heavy atom. The van der Waals surface area contributed by atoms with Gasteiger partial charge < -0.3 is 29.7 Å². The topological polar surface area (TPSA) is 165 Å². The number of benzene rings is 1. The van der Waals surface area contributed by atoms with Gasteiger partial charge in [0.1, 0.15) is 6.10 Å². The van der Waals surface area contributed by atoms with Gasteiger partial charge in [-0.3, -0.25) is 19.5 Å². The standard InChI is InChI=1S/C40H41Cl2N9O6/c1-23(52)50-13-10-26(11-14-50)57-39(54)44-17-24-7-8-30(46-38(24)56-3)29-6-4-5-27(34(29)41)28-9-12-43-36(35(28)42)25-15-31(55-2)37-47-32(48-51(37)18-25)19-49-21-40(22-49)16-33(53)45-20-40/h4-9,12,15,18,26H,10-11,13-14,16-17,19-22H2,1-3H3,(H,44,54)(H,45,53). The number of carbonyl (C=O) groups is 3. The third-order valence-corrected chi connectivity index (χ3v) is 11.6. The summed E-state index contributed by atoms with van der Waals surface area (Å²) < 4.78 is 18.6. The maximum Gasteiger partial charge on any atom is 0.407 e. The Bertz CT molecular complexity index is 2380. The molecule has 4 aromatic heterocycles. The first-order valence-electron chi connectivity index (χ1n) is 18.6. The zero-order valence-electron chi connectivity index (χ0n) is 31.7. The number of aromatic nitrogens is 5. The van der Waals surface area contributed by atoms with E-state index in [-0.39, 0.29) is 29.9 Å². The number of alkyl carbamates (subject to hydrolysis) is 1. The predicted molar refractivity (Wildman–Crippen MR) is 212 cm³/mol. The molecule has 0 bridgehead atoms. The van der Waals surface area contributed by atoms with Crippen LogP contribution in [0.1, 0.15) is 37.6 Å². The molecular weight excluding hydrogens is 773 g/mol. The molecule has 17 heteroatoms. The molecule has 8 rings (SSSR count). The van der Waals surface area contributed by atoms with Crippen LogP contribution in [0.25, 0.3) is 39.3 Å². The Labute approximate surface area is 338 Å². The van der Waals surface area contributed by atoms with E-state index < -0.39 is 6.09 Å². The molecule has 0 saturated carbocycles. The second kappa shape index (κ2) is 15.8. The van der Waals surface area contributed by atoms with Gasteiger partial charge in [-0.1, -0.05) is 41.4 Å². The molecule has 15 nitrogen and oxygen atoms in total. The molecule has 3 amide bonds. The number of piperidine rings is 1. The minimum absolute atomic E-state index is 0.0136. The summed E-state index contributed by atoms with van der Waals surface area (Å²) in [6.07, 6.45) is 4.45. The van der Waals surface area contributed by atoms with Crippen molar-refractivity contribution >= 4 is 46.8 Å². The molecule has 3 fully saturated rings. The first-order valence-corrected chi connectivity index (χ1v) is 19.4. The first-order chi connectivity index (χ1) is 27.5. The van der Waals surface area contributed by atoms with E-state index in [1.54, 1.807) is 22.7 Å². The summed E-state index contributed by atoms with van der Waals surface area (Å²) in [7, 11) is 3.09. The van der Waals surface area contributed by atoms with Gasteiger partial charge >= 0.3 is 6.09 Å². The summed E-state index contributed by atoms with van der Waals surface area (Å²) in [5.41, 5.74) is 4.97.